The summed E-state index contributed by atoms with van der Waals surface area (Å²) >= 11 is 0. The number of carboxylic acid groups (broad SMARTS) is 1. The minimum absolute atomic E-state index is 0.654. The van der Waals surface area contributed by atoms with Crippen molar-refractivity contribution in [2.45, 2.75) is 12.1 Å². The van der Waals surface area contributed by atoms with E-state index in [2.05, 4.69) is 15.3 Å². The van der Waals surface area contributed by atoms with E-state index in [4.69, 9.17) is 9.90 Å². The van der Waals surface area contributed by atoms with E-state index in [0.717, 1.165) is 13.1 Å². The van der Waals surface area contributed by atoms with Gasteiger partial charge in [0.15, 0.2) is 0 Å². The molecule has 0 atom stereocenters. The molecule has 1 aliphatic rings. The third-order valence-corrected chi connectivity index (χ3v) is 2.08. The van der Waals surface area contributed by atoms with E-state index >= 15 is 0 Å². The first-order valence-corrected chi connectivity index (χ1v) is 4.67. The van der Waals surface area contributed by atoms with Gasteiger partial charge in [0.25, 0.3) is 0 Å². The maximum atomic E-state index is 10.6. The van der Waals surface area contributed by atoms with Gasteiger partial charge in [0.2, 0.25) is 0 Å². The molecule has 0 unspecified atom stereocenters. The third kappa shape index (κ3) is 4.35. The highest BCUT2D eigenvalue weighted by Gasteiger charge is 2.38. The molecule has 0 aliphatic carbocycles. The van der Waals surface area contributed by atoms with Crippen LogP contribution in [0.4, 0.5) is 13.2 Å². The van der Waals surface area contributed by atoms with Crippen LogP contribution in [0.5, 0.6) is 0 Å². The highest BCUT2D eigenvalue weighted by molar-refractivity contribution is 5.73. The fourth-order valence-corrected chi connectivity index (χ4v) is 1.05. The SMILES string of the molecule is O=C(O)C(F)(F)F.c1ncc(C2CNC2)cn1. The summed E-state index contributed by atoms with van der Waals surface area (Å²) in [5.41, 5.74) is 1.25. The van der Waals surface area contributed by atoms with Crippen molar-refractivity contribution < 1.29 is 23.1 Å². The van der Waals surface area contributed by atoms with Gasteiger partial charge in [-0.3, -0.25) is 0 Å². The molecule has 0 aromatic carbocycles. The number of aliphatic carboxylic acids is 1. The number of carbonyl (C=O) groups is 1. The standard InChI is InChI=1S/C7H9N3.C2HF3O2/c1-6(2-8-1)7-3-9-5-10-4-7;3-2(4,5)1(6)7/h3-6,8H,1-2H2;(H,6,7). The first kappa shape index (κ1) is 13.4. The van der Waals surface area contributed by atoms with Crippen molar-refractivity contribution in [1.82, 2.24) is 15.3 Å². The molecule has 1 aliphatic heterocycles. The Bertz CT molecular complexity index is 365. The Morgan fingerprint density at radius 3 is 2.12 bits per heavy atom. The Hall–Kier alpha value is -1.70. The maximum Gasteiger partial charge on any atom is 0.490 e. The van der Waals surface area contributed by atoms with Gasteiger partial charge in [-0.25, -0.2) is 14.8 Å². The monoisotopic (exact) mass is 249 g/mol. The Morgan fingerprint density at radius 1 is 1.35 bits per heavy atom. The van der Waals surface area contributed by atoms with E-state index in [1.807, 2.05) is 12.4 Å². The summed E-state index contributed by atoms with van der Waals surface area (Å²) in [4.78, 5) is 16.8. The number of halogens is 3. The molecule has 2 rings (SSSR count). The number of rotatable bonds is 1. The molecule has 8 heteroatoms. The van der Waals surface area contributed by atoms with Crippen molar-refractivity contribution in [3.05, 3.63) is 24.3 Å². The molecule has 0 radical (unpaired) electrons. The summed E-state index contributed by atoms with van der Waals surface area (Å²) < 4.78 is 31.7. The van der Waals surface area contributed by atoms with E-state index in [0.29, 0.717) is 5.92 Å². The number of alkyl halides is 3. The van der Waals surface area contributed by atoms with E-state index in [-0.39, 0.29) is 0 Å². The van der Waals surface area contributed by atoms with Gasteiger partial charge < -0.3 is 10.4 Å². The minimum Gasteiger partial charge on any atom is -0.475 e. The Labute approximate surface area is 94.7 Å². The average molecular weight is 249 g/mol. The van der Waals surface area contributed by atoms with E-state index in [9.17, 15) is 13.2 Å². The number of hydrogen-bond donors (Lipinski definition) is 2. The number of aromatic nitrogens is 2. The topological polar surface area (TPSA) is 75.1 Å². The molecular formula is C9H10F3N3O2. The number of hydrogen-bond acceptors (Lipinski definition) is 4. The average Bonchev–Trinajstić information content (AvgIpc) is 2.16. The van der Waals surface area contributed by atoms with Crippen LogP contribution in [0.2, 0.25) is 0 Å². The van der Waals surface area contributed by atoms with Gasteiger partial charge in [0.1, 0.15) is 6.33 Å². The maximum absolute atomic E-state index is 10.6. The van der Waals surface area contributed by atoms with Crippen LogP contribution in [0.1, 0.15) is 11.5 Å². The molecule has 17 heavy (non-hydrogen) atoms. The van der Waals surface area contributed by atoms with Crippen LogP contribution >= 0.6 is 0 Å². The van der Waals surface area contributed by atoms with Crippen molar-refractivity contribution in [2.24, 2.45) is 0 Å². The lowest BCUT2D eigenvalue weighted by atomic mass is 9.97. The normalized spacial score (nSPS) is 15.5. The zero-order valence-electron chi connectivity index (χ0n) is 8.61. The molecular weight excluding hydrogens is 239 g/mol. The Kier molecular flexibility index (Phi) is 4.38. The van der Waals surface area contributed by atoms with Gasteiger partial charge in [0, 0.05) is 31.4 Å². The molecule has 94 valence electrons. The van der Waals surface area contributed by atoms with Crippen LogP contribution in [-0.4, -0.2) is 40.3 Å². The molecule has 2 heterocycles. The van der Waals surface area contributed by atoms with Gasteiger partial charge >= 0.3 is 12.1 Å². The molecule has 0 saturated carbocycles. The van der Waals surface area contributed by atoms with Gasteiger partial charge in [-0.2, -0.15) is 13.2 Å². The summed E-state index contributed by atoms with van der Waals surface area (Å²) in [6.45, 7) is 2.15. The lowest BCUT2D eigenvalue weighted by Gasteiger charge is -2.26. The molecule has 2 N–H and O–H groups in total. The summed E-state index contributed by atoms with van der Waals surface area (Å²) in [6.07, 6.45) is 0.257. The predicted octanol–water partition coefficient (Wildman–Crippen LogP) is 0.797. The lowest BCUT2D eigenvalue weighted by Crippen LogP contribution is -2.39. The largest absolute Gasteiger partial charge is 0.490 e. The summed E-state index contributed by atoms with van der Waals surface area (Å²) in [5.74, 6) is -2.10. The van der Waals surface area contributed by atoms with Crippen LogP contribution in [0.15, 0.2) is 18.7 Å². The van der Waals surface area contributed by atoms with Crippen LogP contribution < -0.4 is 5.32 Å². The summed E-state index contributed by atoms with van der Waals surface area (Å²) in [5, 5.41) is 10.3. The van der Waals surface area contributed by atoms with Crippen molar-refractivity contribution >= 4 is 5.97 Å². The lowest BCUT2D eigenvalue weighted by molar-refractivity contribution is -0.192. The molecule has 1 saturated heterocycles. The fourth-order valence-electron chi connectivity index (χ4n) is 1.05. The second-order valence-corrected chi connectivity index (χ2v) is 3.33. The zero-order valence-corrected chi connectivity index (χ0v) is 8.61. The van der Waals surface area contributed by atoms with Crippen molar-refractivity contribution in [1.29, 1.82) is 0 Å². The molecule has 5 nitrogen and oxygen atoms in total. The van der Waals surface area contributed by atoms with Crippen molar-refractivity contribution in [3.8, 4) is 0 Å². The molecule has 0 bridgehead atoms. The second kappa shape index (κ2) is 5.58. The number of nitrogens with zero attached hydrogens (tertiary/aromatic N) is 2. The first-order valence-electron chi connectivity index (χ1n) is 4.67. The number of nitrogens with one attached hydrogen (secondary N) is 1. The van der Waals surface area contributed by atoms with E-state index < -0.39 is 12.1 Å². The zero-order chi connectivity index (χ0) is 12.9. The molecule has 0 amide bonds. The van der Waals surface area contributed by atoms with Crippen LogP contribution in [0, 0.1) is 0 Å². The third-order valence-electron chi connectivity index (χ3n) is 2.08. The second-order valence-electron chi connectivity index (χ2n) is 3.33. The quantitative estimate of drug-likeness (QED) is 0.769. The van der Waals surface area contributed by atoms with Gasteiger partial charge in [0.05, 0.1) is 0 Å². The van der Waals surface area contributed by atoms with Gasteiger partial charge in [-0.15, -0.1) is 0 Å². The fraction of sp³-hybridized carbons (Fsp3) is 0.444. The van der Waals surface area contributed by atoms with Gasteiger partial charge in [-0.1, -0.05) is 0 Å². The predicted molar refractivity (Wildman–Crippen MR) is 51.3 cm³/mol. The number of carboxylic acids is 1. The van der Waals surface area contributed by atoms with Crippen molar-refractivity contribution in [2.75, 3.05) is 13.1 Å². The van der Waals surface area contributed by atoms with Gasteiger partial charge in [-0.05, 0) is 5.56 Å². The van der Waals surface area contributed by atoms with E-state index in [1.165, 1.54) is 5.56 Å². The molecule has 1 fully saturated rings. The van der Waals surface area contributed by atoms with Crippen molar-refractivity contribution in [3.63, 3.8) is 0 Å². The Balaban J connectivity index is 0.000000185. The Morgan fingerprint density at radius 2 is 1.82 bits per heavy atom. The summed E-state index contributed by atoms with van der Waals surface area (Å²) in [7, 11) is 0. The minimum atomic E-state index is -5.08. The van der Waals surface area contributed by atoms with E-state index in [1.54, 1.807) is 6.33 Å². The van der Waals surface area contributed by atoms with Crippen LogP contribution in [0.3, 0.4) is 0 Å². The van der Waals surface area contributed by atoms with Crippen LogP contribution in [-0.2, 0) is 4.79 Å². The first-order chi connectivity index (χ1) is 7.91. The molecule has 1 aromatic rings. The van der Waals surface area contributed by atoms with Crippen LogP contribution in [0.25, 0.3) is 0 Å². The molecule has 1 aromatic heterocycles. The molecule has 0 spiro atoms. The summed E-state index contributed by atoms with van der Waals surface area (Å²) in [6, 6.07) is 0. The highest BCUT2D eigenvalue weighted by atomic mass is 19.4. The highest BCUT2D eigenvalue weighted by Crippen LogP contribution is 2.16. The smallest absolute Gasteiger partial charge is 0.475 e.